The third kappa shape index (κ3) is 2.93. The third-order valence-electron chi connectivity index (χ3n) is 2.57. The summed E-state index contributed by atoms with van der Waals surface area (Å²) in [4.78, 5) is 1.92. The predicted molar refractivity (Wildman–Crippen MR) is 62.7 cm³/mol. The van der Waals surface area contributed by atoms with Crippen LogP contribution in [0.3, 0.4) is 0 Å². The molecule has 1 atom stereocenters. The Morgan fingerprint density at radius 3 is 2.60 bits per heavy atom. The maximum Gasteiger partial charge on any atom is 0.128 e. The minimum Gasteiger partial charge on any atom is -0.377 e. The van der Waals surface area contributed by atoms with Crippen molar-refractivity contribution in [3.63, 3.8) is 0 Å². The van der Waals surface area contributed by atoms with Crippen molar-refractivity contribution < 1.29 is 4.39 Å². The Morgan fingerprint density at radius 1 is 1.40 bits per heavy atom. The summed E-state index contributed by atoms with van der Waals surface area (Å²) >= 11 is 0. The molecule has 0 aromatic heterocycles. The molecule has 0 amide bonds. The summed E-state index contributed by atoms with van der Waals surface area (Å²) in [5, 5.41) is 0. The second-order valence-corrected chi connectivity index (χ2v) is 4.00. The van der Waals surface area contributed by atoms with Crippen LogP contribution in [0.1, 0.15) is 18.9 Å². The summed E-state index contributed by atoms with van der Waals surface area (Å²) in [6.07, 6.45) is 1.46. The molecule has 0 saturated heterocycles. The van der Waals surface area contributed by atoms with E-state index in [-0.39, 0.29) is 11.9 Å². The Hall–Kier alpha value is -1.09. The second kappa shape index (κ2) is 5.12. The highest BCUT2D eigenvalue weighted by Crippen LogP contribution is 2.22. The van der Waals surface area contributed by atoms with Crippen LogP contribution in [-0.4, -0.2) is 20.1 Å². The van der Waals surface area contributed by atoms with Gasteiger partial charge in [-0.1, -0.05) is 13.0 Å². The zero-order valence-corrected chi connectivity index (χ0v) is 9.63. The summed E-state index contributed by atoms with van der Waals surface area (Å²) in [5.41, 5.74) is 7.49. The molecule has 2 nitrogen and oxygen atoms in total. The van der Waals surface area contributed by atoms with Gasteiger partial charge in [-0.25, -0.2) is 4.39 Å². The van der Waals surface area contributed by atoms with E-state index in [9.17, 15) is 4.39 Å². The molecule has 0 aliphatic rings. The average Bonchev–Trinajstić information content (AvgIpc) is 2.20. The van der Waals surface area contributed by atoms with Crippen molar-refractivity contribution in [2.45, 2.75) is 25.8 Å². The van der Waals surface area contributed by atoms with E-state index in [1.165, 1.54) is 6.07 Å². The minimum atomic E-state index is -0.162. The number of halogens is 1. The summed E-state index contributed by atoms with van der Waals surface area (Å²) in [5.74, 6) is -0.162. The van der Waals surface area contributed by atoms with Gasteiger partial charge in [0.1, 0.15) is 5.82 Å². The summed E-state index contributed by atoms with van der Waals surface area (Å²) in [7, 11) is 3.82. The first kappa shape index (κ1) is 12.0. The Kier molecular flexibility index (Phi) is 4.09. The van der Waals surface area contributed by atoms with Gasteiger partial charge in [-0.2, -0.15) is 0 Å². The van der Waals surface area contributed by atoms with Crippen LogP contribution in [0.25, 0.3) is 0 Å². The van der Waals surface area contributed by atoms with Crippen LogP contribution in [0.5, 0.6) is 0 Å². The minimum absolute atomic E-state index is 0.0283. The molecule has 3 heteroatoms. The normalized spacial score (nSPS) is 12.6. The fourth-order valence-electron chi connectivity index (χ4n) is 1.57. The number of rotatable bonds is 4. The van der Waals surface area contributed by atoms with Gasteiger partial charge in [-0.3, -0.25) is 0 Å². The maximum absolute atomic E-state index is 13.6. The van der Waals surface area contributed by atoms with Crippen molar-refractivity contribution in [2.75, 3.05) is 19.0 Å². The molecule has 0 aliphatic carbocycles. The van der Waals surface area contributed by atoms with Crippen LogP contribution >= 0.6 is 0 Å². The molecule has 1 rings (SSSR count). The Labute approximate surface area is 90.9 Å². The molecule has 2 N–H and O–H groups in total. The molecule has 0 saturated carbocycles. The molecule has 0 aliphatic heterocycles. The van der Waals surface area contributed by atoms with Gasteiger partial charge in [-0.05, 0) is 25.0 Å². The largest absolute Gasteiger partial charge is 0.377 e. The summed E-state index contributed by atoms with van der Waals surface area (Å²) < 4.78 is 13.6. The molecular weight excluding hydrogens is 191 g/mol. The van der Waals surface area contributed by atoms with Crippen molar-refractivity contribution >= 4 is 5.69 Å². The molecule has 0 bridgehead atoms. The molecule has 0 radical (unpaired) electrons. The number of hydrogen-bond acceptors (Lipinski definition) is 2. The topological polar surface area (TPSA) is 29.3 Å². The highest BCUT2D eigenvalue weighted by Gasteiger charge is 2.12. The van der Waals surface area contributed by atoms with Crippen LogP contribution in [0, 0.1) is 5.82 Å². The zero-order valence-electron chi connectivity index (χ0n) is 9.63. The molecule has 0 spiro atoms. The first-order valence-corrected chi connectivity index (χ1v) is 5.26. The number of benzene rings is 1. The molecule has 1 aromatic rings. The van der Waals surface area contributed by atoms with E-state index in [1.807, 2.05) is 32.0 Å². The molecule has 1 aromatic carbocycles. The molecule has 0 heterocycles. The van der Waals surface area contributed by atoms with Gasteiger partial charge in [0, 0.05) is 31.4 Å². The van der Waals surface area contributed by atoms with Crippen LogP contribution in [0.4, 0.5) is 10.1 Å². The van der Waals surface area contributed by atoms with Crippen LogP contribution in [-0.2, 0) is 6.42 Å². The zero-order chi connectivity index (χ0) is 11.4. The number of nitrogens with two attached hydrogens (primary N) is 1. The number of hydrogen-bond donors (Lipinski definition) is 1. The molecule has 84 valence electrons. The van der Waals surface area contributed by atoms with E-state index >= 15 is 0 Å². The van der Waals surface area contributed by atoms with E-state index < -0.39 is 0 Å². The lowest BCUT2D eigenvalue weighted by Crippen LogP contribution is -2.24. The standard InChI is InChI=1S/C12H19FN2/c1-4-9(14)8-10-11(13)6-5-7-12(10)15(2)3/h5-7,9H,4,8,14H2,1-3H3. The first-order chi connectivity index (χ1) is 7.06. The van der Waals surface area contributed by atoms with E-state index in [0.717, 1.165) is 17.7 Å². The predicted octanol–water partition coefficient (Wildman–Crippen LogP) is 2.17. The summed E-state index contributed by atoms with van der Waals surface area (Å²) in [6.45, 7) is 2.01. The van der Waals surface area contributed by atoms with Crippen molar-refractivity contribution in [3.8, 4) is 0 Å². The fraction of sp³-hybridized carbons (Fsp3) is 0.500. The van der Waals surface area contributed by atoms with Crippen LogP contribution in [0.2, 0.25) is 0 Å². The van der Waals surface area contributed by atoms with Crippen LogP contribution < -0.4 is 10.6 Å². The van der Waals surface area contributed by atoms with E-state index in [0.29, 0.717) is 6.42 Å². The quantitative estimate of drug-likeness (QED) is 0.825. The van der Waals surface area contributed by atoms with Gasteiger partial charge >= 0.3 is 0 Å². The lowest BCUT2D eigenvalue weighted by atomic mass is 10.0. The summed E-state index contributed by atoms with van der Waals surface area (Å²) in [6, 6.07) is 5.16. The van der Waals surface area contributed by atoms with Gasteiger partial charge in [-0.15, -0.1) is 0 Å². The monoisotopic (exact) mass is 210 g/mol. The van der Waals surface area contributed by atoms with E-state index in [4.69, 9.17) is 5.73 Å². The Bertz CT molecular complexity index is 323. The van der Waals surface area contributed by atoms with Crippen molar-refractivity contribution in [1.29, 1.82) is 0 Å². The van der Waals surface area contributed by atoms with Crippen molar-refractivity contribution in [2.24, 2.45) is 5.73 Å². The Balaban J connectivity index is 3.02. The van der Waals surface area contributed by atoms with Crippen molar-refractivity contribution in [3.05, 3.63) is 29.6 Å². The molecular formula is C12H19FN2. The second-order valence-electron chi connectivity index (χ2n) is 4.00. The lowest BCUT2D eigenvalue weighted by molar-refractivity contribution is 0.579. The number of nitrogens with zero attached hydrogens (tertiary/aromatic N) is 1. The maximum atomic E-state index is 13.6. The third-order valence-corrected chi connectivity index (χ3v) is 2.57. The molecule has 1 unspecified atom stereocenters. The number of anilines is 1. The highest BCUT2D eigenvalue weighted by atomic mass is 19.1. The molecule has 0 fully saturated rings. The van der Waals surface area contributed by atoms with Crippen LogP contribution in [0.15, 0.2) is 18.2 Å². The first-order valence-electron chi connectivity index (χ1n) is 5.26. The van der Waals surface area contributed by atoms with Gasteiger partial charge in [0.05, 0.1) is 0 Å². The van der Waals surface area contributed by atoms with Gasteiger partial charge < -0.3 is 10.6 Å². The SMILES string of the molecule is CCC(N)Cc1c(F)cccc1N(C)C. The van der Waals surface area contributed by atoms with Gasteiger partial charge in [0.25, 0.3) is 0 Å². The van der Waals surface area contributed by atoms with E-state index in [2.05, 4.69) is 0 Å². The highest BCUT2D eigenvalue weighted by molar-refractivity contribution is 5.53. The average molecular weight is 210 g/mol. The fourth-order valence-corrected chi connectivity index (χ4v) is 1.57. The van der Waals surface area contributed by atoms with Gasteiger partial charge in [0.15, 0.2) is 0 Å². The molecule has 15 heavy (non-hydrogen) atoms. The smallest absolute Gasteiger partial charge is 0.128 e. The Morgan fingerprint density at radius 2 is 2.07 bits per heavy atom. The van der Waals surface area contributed by atoms with Gasteiger partial charge in [0.2, 0.25) is 0 Å². The van der Waals surface area contributed by atoms with Crippen molar-refractivity contribution in [1.82, 2.24) is 0 Å². The lowest BCUT2D eigenvalue weighted by Gasteiger charge is -2.19. The van der Waals surface area contributed by atoms with E-state index in [1.54, 1.807) is 6.07 Å².